The molecule has 1 rings (SSSR count). The monoisotopic (exact) mass is 446 g/mol. The fourth-order valence-corrected chi connectivity index (χ4v) is 2.03. The van der Waals surface area contributed by atoms with E-state index in [2.05, 4.69) is 40.7 Å². The van der Waals surface area contributed by atoms with E-state index < -0.39 is 0 Å². The van der Waals surface area contributed by atoms with Crippen molar-refractivity contribution >= 4 is 29.9 Å². The molecule has 0 aromatic carbocycles. The van der Waals surface area contributed by atoms with Crippen molar-refractivity contribution in [3.05, 3.63) is 36.5 Å². The van der Waals surface area contributed by atoms with Gasteiger partial charge in [-0.3, -0.25) is 0 Å². The summed E-state index contributed by atoms with van der Waals surface area (Å²) in [5.41, 5.74) is 1.07. The molecule has 1 aromatic heterocycles. The zero-order chi connectivity index (χ0) is 17.1. The second-order valence-electron chi connectivity index (χ2n) is 5.69. The number of hydrogen-bond acceptors (Lipinski definition) is 3. The van der Waals surface area contributed by atoms with Crippen LogP contribution in [-0.4, -0.2) is 42.1 Å². The maximum absolute atomic E-state index is 5.55. The number of halogens is 1. The van der Waals surface area contributed by atoms with E-state index in [1.165, 1.54) is 0 Å². The van der Waals surface area contributed by atoms with Gasteiger partial charge in [-0.05, 0) is 39.2 Å². The van der Waals surface area contributed by atoms with Gasteiger partial charge in [-0.2, -0.15) is 0 Å². The van der Waals surface area contributed by atoms with Gasteiger partial charge in [0.2, 0.25) is 5.88 Å². The van der Waals surface area contributed by atoms with Gasteiger partial charge in [0.15, 0.2) is 5.96 Å². The minimum Gasteiger partial charge on any atom is -0.475 e. The molecule has 0 saturated carbocycles. The minimum absolute atomic E-state index is 0. The number of nitrogens with zero attached hydrogens (tertiary/aromatic N) is 3. The summed E-state index contributed by atoms with van der Waals surface area (Å²) >= 11 is 0. The van der Waals surface area contributed by atoms with Crippen LogP contribution >= 0.6 is 24.0 Å². The molecular weight excluding hydrogens is 415 g/mol. The molecule has 0 saturated heterocycles. The third-order valence-electron chi connectivity index (χ3n) is 3.16. The highest BCUT2D eigenvalue weighted by Gasteiger charge is 2.05. The Morgan fingerprint density at radius 1 is 1.46 bits per heavy atom. The lowest BCUT2D eigenvalue weighted by molar-refractivity contribution is 0.232. The molecule has 0 spiro atoms. The minimum atomic E-state index is 0. The van der Waals surface area contributed by atoms with E-state index in [1.807, 2.05) is 38.3 Å². The topological polar surface area (TPSA) is 49.8 Å². The number of aromatic nitrogens is 1. The molecule has 0 aliphatic carbocycles. The predicted molar refractivity (Wildman–Crippen MR) is 112 cm³/mol. The Bertz CT molecular complexity index is 488. The highest BCUT2D eigenvalue weighted by atomic mass is 127. The van der Waals surface area contributed by atoms with Crippen molar-refractivity contribution in [1.29, 1.82) is 0 Å². The molecule has 0 bridgehead atoms. The van der Waals surface area contributed by atoms with Gasteiger partial charge in [-0.15, -0.1) is 30.6 Å². The van der Waals surface area contributed by atoms with Crippen molar-refractivity contribution in [3.63, 3.8) is 0 Å². The SMILES string of the molecule is C=CCCCN(C)C(=NCc1ccc(OC(C)C)nc1)NCC.I. The van der Waals surface area contributed by atoms with E-state index >= 15 is 0 Å². The number of pyridine rings is 1. The number of rotatable bonds is 9. The first-order valence-electron chi connectivity index (χ1n) is 8.28. The number of allylic oxidation sites excluding steroid dienone is 1. The second kappa shape index (κ2) is 13.0. The normalized spacial score (nSPS) is 11.0. The van der Waals surface area contributed by atoms with Crippen LogP contribution in [0.25, 0.3) is 0 Å². The van der Waals surface area contributed by atoms with Crippen LogP contribution in [-0.2, 0) is 6.54 Å². The average Bonchev–Trinajstić information content (AvgIpc) is 2.52. The Hall–Kier alpha value is -1.31. The Labute approximate surface area is 163 Å². The molecule has 1 N–H and O–H groups in total. The molecule has 136 valence electrons. The first-order valence-corrected chi connectivity index (χ1v) is 8.28. The van der Waals surface area contributed by atoms with E-state index in [0.717, 1.165) is 37.5 Å². The van der Waals surface area contributed by atoms with Crippen LogP contribution in [0, 0.1) is 0 Å². The van der Waals surface area contributed by atoms with E-state index in [1.54, 1.807) is 0 Å². The van der Waals surface area contributed by atoms with Crippen LogP contribution in [0.2, 0.25) is 0 Å². The summed E-state index contributed by atoms with van der Waals surface area (Å²) in [5, 5.41) is 3.32. The molecule has 0 fully saturated rings. The molecule has 0 radical (unpaired) electrons. The van der Waals surface area contributed by atoms with Crippen molar-refractivity contribution in [2.24, 2.45) is 4.99 Å². The van der Waals surface area contributed by atoms with Crippen LogP contribution < -0.4 is 10.1 Å². The van der Waals surface area contributed by atoms with Crippen LogP contribution in [0.15, 0.2) is 36.0 Å². The third kappa shape index (κ3) is 9.10. The average molecular weight is 446 g/mol. The van der Waals surface area contributed by atoms with Gasteiger partial charge in [0.1, 0.15) is 0 Å². The van der Waals surface area contributed by atoms with Gasteiger partial charge < -0.3 is 15.0 Å². The van der Waals surface area contributed by atoms with E-state index in [9.17, 15) is 0 Å². The van der Waals surface area contributed by atoms with Crippen molar-refractivity contribution in [3.8, 4) is 5.88 Å². The number of unbranched alkanes of at least 4 members (excludes halogenated alkanes) is 1. The zero-order valence-electron chi connectivity index (χ0n) is 15.3. The number of guanidine groups is 1. The highest BCUT2D eigenvalue weighted by molar-refractivity contribution is 14.0. The summed E-state index contributed by atoms with van der Waals surface area (Å²) in [5.74, 6) is 1.57. The zero-order valence-corrected chi connectivity index (χ0v) is 17.6. The summed E-state index contributed by atoms with van der Waals surface area (Å²) in [7, 11) is 2.06. The van der Waals surface area contributed by atoms with Crippen molar-refractivity contribution < 1.29 is 4.74 Å². The van der Waals surface area contributed by atoms with Crippen LogP contribution in [0.1, 0.15) is 39.2 Å². The summed E-state index contributed by atoms with van der Waals surface area (Å²) in [6.45, 7) is 12.2. The van der Waals surface area contributed by atoms with Gasteiger partial charge in [0, 0.05) is 32.4 Å². The number of nitrogens with one attached hydrogen (secondary N) is 1. The molecule has 5 nitrogen and oxygen atoms in total. The largest absolute Gasteiger partial charge is 0.475 e. The lowest BCUT2D eigenvalue weighted by Crippen LogP contribution is -2.39. The summed E-state index contributed by atoms with van der Waals surface area (Å²) in [6, 6.07) is 3.90. The Balaban J connectivity index is 0.00000529. The lowest BCUT2D eigenvalue weighted by Gasteiger charge is -2.21. The maximum atomic E-state index is 5.55. The van der Waals surface area contributed by atoms with Crippen LogP contribution in [0.3, 0.4) is 0 Å². The van der Waals surface area contributed by atoms with E-state index in [-0.39, 0.29) is 30.1 Å². The van der Waals surface area contributed by atoms with Crippen LogP contribution in [0.4, 0.5) is 0 Å². The molecule has 24 heavy (non-hydrogen) atoms. The first-order chi connectivity index (χ1) is 11.1. The number of hydrogen-bond donors (Lipinski definition) is 1. The van der Waals surface area contributed by atoms with Crippen molar-refractivity contribution in [2.45, 2.75) is 46.3 Å². The summed E-state index contributed by atoms with van der Waals surface area (Å²) in [6.07, 6.45) is 6.00. The number of ether oxygens (including phenoxy) is 1. The lowest BCUT2D eigenvalue weighted by atomic mass is 10.3. The third-order valence-corrected chi connectivity index (χ3v) is 3.16. The second-order valence-corrected chi connectivity index (χ2v) is 5.69. The van der Waals surface area contributed by atoms with Gasteiger partial charge in [0.25, 0.3) is 0 Å². The molecule has 0 atom stereocenters. The summed E-state index contributed by atoms with van der Waals surface area (Å²) in [4.78, 5) is 11.1. The quantitative estimate of drug-likeness (QED) is 0.206. The first kappa shape index (κ1) is 22.7. The molecule has 1 heterocycles. The fraction of sp³-hybridized carbons (Fsp3) is 0.556. The van der Waals surface area contributed by atoms with Gasteiger partial charge in [0.05, 0.1) is 12.6 Å². The van der Waals surface area contributed by atoms with Crippen LogP contribution in [0.5, 0.6) is 5.88 Å². The Morgan fingerprint density at radius 3 is 2.75 bits per heavy atom. The molecule has 0 unspecified atom stereocenters. The predicted octanol–water partition coefficient (Wildman–Crippen LogP) is 3.85. The van der Waals surface area contributed by atoms with Crippen molar-refractivity contribution in [1.82, 2.24) is 15.2 Å². The Morgan fingerprint density at radius 2 is 2.21 bits per heavy atom. The molecule has 6 heteroatoms. The molecular formula is C18H31IN4O. The molecule has 1 aromatic rings. The Kier molecular flexibility index (Phi) is 12.3. The fourth-order valence-electron chi connectivity index (χ4n) is 2.03. The smallest absolute Gasteiger partial charge is 0.213 e. The molecule has 0 amide bonds. The number of aliphatic imine (C=N–C) groups is 1. The van der Waals surface area contributed by atoms with Gasteiger partial charge in [-0.1, -0.05) is 12.1 Å². The molecule has 0 aliphatic heterocycles. The van der Waals surface area contributed by atoms with Gasteiger partial charge in [-0.25, -0.2) is 9.98 Å². The highest BCUT2D eigenvalue weighted by Crippen LogP contribution is 2.10. The van der Waals surface area contributed by atoms with Gasteiger partial charge >= 0.3 is 0 Å². The van der Waals surface area contributed by atoms with E-state index in [4.69, 9.17) is 4.74 Å². The standard InChI is InChI=1S/C18H30N4O.HI/c1-6-8-9-12-22(5)18(19-7-2)21-14-16-10-11-17(20-13-16)23-15(3)4;/h6,10-11,13,15H,1,7-9,12,14H2,2-5H3,(H,19,21);1H. The van der Waals surface area contributed by atoms with E-state index in [0.29, 0.717) is 12.4 Å². The van der Waals surface area contributed by atoms with Crippen molar-refractivity contribution in [2.75, 3.05) is 20.1 Å². The summed E-state index contributed by atoms with van der Waals surface area (Å²) < 4.78 is 5.55. The maximum Gasteiger partial charge on any atom is 0.213 e. The molecule has 0 aliphatic rings.